The third kappa shape index (κ3) is 6.06. The molecule has 0 saturated carbocycles. The lowest BCUT2D eigenvalue weighted by Gasteiger charge is -2.11. The van der Waals surface area contributed by atoms with Crippen molar-refractivity contribution in [3.05, 3.63) is 72.3 Å². The first kappa shape index (κ1) is 26.6. The molecule has 0 aliphatic rings. The smallest absolute Gasteiger partial charge is 0.250 e. The SMILES string of the molecule is COc1ccc(-c2nnc(SCC(=O)N/N=C/c3cc(OC)c(OC)cc3OC)n2-c2ccccc2)cc1. The number of carbonyl (C=O) groups excluding carboxylic acids is 1. The summed E-state index contributed by atoms with van der Waals surface area (Å²) in [6.45, 7) is 0. The topological polar surface area (TPSA) is 109 Å². The number of aromatic nitrogens is 3. The largest absolute Gasteiger partial charge is 0.497 e. The number of nitrogens with zero attached hydrogens (tertiary/aromatic N) is 4. The number of nitrogens with one attached hydrogen (secondary N) is 1. The maximum atomic E-state index is 12.6. The third-order valence-corrected chi connectivity index (χ3v) is 6.39. The molecule has 0 bridgehead atoms. The predicted molar refractivity (Wildman–Crippen MR) is 146 cm³/mol. The van der Waals surface area contributed by atoms with Gasteiger partial charge in [0.1, 0.15) is 11.5 Å². The van der Waals surface area contributed by atoms with Crippen LogP contribution in [0.2, 0.25) is 0 Å². The summed E-state index contributed by atoms with van der Waals surface area (Å²) in [6, 6.07) is 20.7. The highest BCUT2D eigenvalue weighted by atomic mass is 32.2. The number of para-hydroxylation sites is 1. The van der Waals surface area contributed by atoms with E-state index < -0.39 is 0 Å². The molecule has 10 nitrogen and oxygen atoms in total. The van der Waals surface area contributed by atoms with Crippen molar-refractivity contribution in [2.24, 2.45) is 5.10 Å². The molecule has 38 heavy (non-hydrogen) atoms. The van der Waals surface area contributed by atoms with Crippen LogP contribution in [0.3, 0.4) is 0 Å². The van der Waals surface area contributed by atoms with Crippen LogP contribution in [0, 0.1) is 0 Å². The van der Waals surface area contributed by atoms with Gasteiger partial charge in [-0.2, -0.15) is 5.10 Å². The first-order valence-corrected chi connectivity index (χ1v) is 12.5. The summed E-state index contributed by atoms with van der Waals surface area (Å²) >= 11 is 1.26. The minimum Gasteiger partial charge on any atom is -0.497 e. The van der Waals surface area contributed by atoms with E-state index in [-0.39, 0.29) is 11.7 Å². The second-order valence-corrected chi connectivity index (χ2v) is 8.68. The lowest BCUT2D eigenvalue weighted by Crippen LogP contribution is -2.20. The van der Waals surface area contributed by atoms with Crippen molar-refractivity contribution < 1.29 is 23.7 Å². The molecule has 1 heterocycles. The van der Waals surface area contributed by atoms with Crippen LogP contribution in [0.5, 0.6) is 23.0 Å². The lowest BCUT2D eigenvalue weighted by molar-refractivity contribution is -0.118. The summed E-state index contributed by atoms with van der Waals surface area (Å²) in [4.78, 5) is 12.6. The minimum atomic E-state index is -0.306. The van der Waals surface area contributed by atoms with Crippen molar-refractivity contribution in [2.75, 3.05) is 34.2 Å². The molecule has 1 aromatic heterocycles. The van der Waals surface area contributed by atoms with Crippen molar-refractivity contribution in [1.29, 1.82) is 0 Å². The number of hydrogen-bond acceptors (Lipinski definition) is 9. The Bertz CT molecular complexity index is 1410. The van der Waals surface area contributed by atoms with Crippen LogP contribution < -0.4 is 24.4 Å². The number of carbonyl (C=O) groups is 1. The van der Waals surface area contributed by atoms with Crippen molar-refractivity contribution >= 4 is 23.9 Å². The Labute approximate surface area is 224 Å². The molecule has 11 heteroatoms. The zero-order chi connectivity index (χ0) is 26.9. The summed E-state index contributed by atoms with van der Waals surface area (Å²) in [6.07, 6.45) is 1.48. The maximum Gasteiger partial charge on any atom is 0.250 e. The standard InChI is InChI=1S/C27H27N5O5S/c1-34-21-12-10-18(11-13-21)26-30-31-27(32(26)20-8-6-5-7-9-20)38-17-25(33)29-28-16-19-14-23(36-3)24(37-4)15-22(19)35-2/h5-16H,17H2,1-4H3,(H,29,33)/b28-16+. The van der Waals surface area contributed by atoms with Crippen LogP contribution in [0.25, 0.3) is 17.1 Å². The molecule has 196 valence electrons. The predicted octanol–water partition coefficient (Wildman–Crippen LogP) is 4.21. The lowest BCUT2D eigenvalue weighted by atomic mass is 10.2. The number of hydrogen-bond donors (Lipinski definition) is 1. The van der Waals surface area contributed by atoms with Crippen molar-refractivity contribution in [1.82, 2.24) is 20.2 Å². The summed E-state index contributed by atoms with van der Waals surface area (Å²) < 4.78 is 23.2. The van der Waals surface area contributed by atoms with Gasteiger partial charge in [0.15, 0.2) is 22.5 Å². The number of amides is 1. The fourth-order valence-corrected chi connectivity index (χ4v) is 4.33. The monoisotopic (exact) mass is 533 g/mol. The number of hydrazone groups is 1. The van der Waals surface area contributed by atoms with Crippen molar-refractivity contribution in [3.63, 3.8) is 0 Å². The second kappa shape index (κ2) is 12.6. The molecule has 0 fully saturated rings. The molecule has 0 unspecified atom stereocenters. The average molecular weight is 534 g/mol. The van der Waals surface area contributed by atoms with Gasteiger partial charge in [0.2, 0.25) is 0 Å². The molecule has 0 spiro atoms. The van der Waals surface area contributed by atoms with E-state index in [4.69, 9.17) is 18.9 Å². The first-order chi connectivity index (χ1) is 18.6. The van der Waals surface area contributed by atoms with E-state index in [1.54, 1.807) is 33.5 Å². The van der Waals surface area contributed by atoms with E-state index in [9.17, 15) is 4.79 Å². The third-order valence-electron chi connectivity index (χ3n) is 5.46. The van der Waals surface area contributed by atoms with Gasteiger partial charge in [-0.15, -0.1) is 10.2 Å². The Morgan fingerprint density at radius 1 is 0.895 bits per heavy atom. The van der Waals surface area contributed by atoms with E-state index >= 15 is 0 Å². The summed E-state index contributed by atoms with van der Waals surface area (Å²) in [7, 11) is 6.24. The van der Waals surface area contributed by atoms with Crippen LogP contribution in [-0.4, -0.2) is 61.1 Å². The second-order valence-electron chi connectivity index (χ2n) is 7.74. The van der Waals surface area contributed by atoms with E-state index in [1.807, 2.05) is 59.2 Å². The zero-order valence-corrected chi connectivity index (χ0v) is 22.2. The van der Waals surface area contributed by atoms with Gasteiger partial charge >= 0.3 is 0 Å². The molecule has 0 aliphatic heterocycles. The van der Waals surface area contributed by atoms with Crippen LogP contribution in [-0.2, 0) is 4.79 Å². The molecule has 0 aliphatic carbocycles. The number of ether oxygens (including phenoxy) is 4. The number of rotatable bonds is 11. The summed E-state index contributed by atoms with van der Waals surface area (Å²) in [5.74, 6) is 2.74. The average Bonchev–Trinajstić information content (AvgIpc) is 3.40. The van der Waals surface area contributed by atoms with Gasteiger partial charge in [-0.3, -0.25) is 9.36 Å². The Morgan fingerprint density at radius 3 is 2.24 bits per heavy atom. The molecule has 4 aromatic rings. The van der Waals surface area contributed by atoms with Crippen molar-refractivity contribution in [3.8, 4) is 40.1 Å². The fraction of sp³-hybridized carbons (Fsp3) is 0.185. The van der Waals surface area contributed by atoms with Crippen molar-refractivity contribution in [2.45, 2.75) is 5.16 Å². The molecular weight excluding hydrogens is 506 g/mol. The van der Waals surface area contributed by atoms with Crippen LogP contribution in [0.4, 0.5) is 0 Å². The Kier molecular flexibility index (Phi) is 8.83. The highest BCUT2D eigenvalue weighted by Gasteiger charge is 2.17. The van der Waals surface area contributed by atoms with E-state index in [0.717, 1.165) is 17.0 Å². The van der Waals surface area contributed by atoms with Crippen LogP contribution in [0.15, 0.2) is 77.0 Å². The van der Waals surface area contributed by atoms with Gasteiger partial charge in [0.25, 0.3) is 5.91 Å². The molecular formula is C27H27N5O5S. The normalized spacial score (nSPS) is 10.8. The minimum absolute atomic E-state index is 0.0774. The Balaban J connectivity index is 1.49. The quantitative estimate of drug-likeness (QED) is 0.174. The number of methoxy groups -OCH3 is 4. The van der Waals surface area contributed by atoms with Gasteiger partial charge in [-0.25, -0.2) is 5.43 Å². The molecule has 0 atom stereocenters. The Hall–Kier alpha value is -4.51. The van der Waals surface area contributed by atoms with E-state index in [2.05, 4.69) is 20.7 Å². The fourth-order valence-electron chi connectivity index (χ4n) is 3.59. The number of benzene rings is 3. The van der Waals surface area contributed by atoms with E-state index in [0.29, 0.717) is 33.8 Å². The first-order valence-electron chi connectivity index (χ1n) is 11.5. The van der Waals surface area contributed by atoms with Gasteiger partial charge in [-0.1, -0.05) is 30.0 Å². The molecule has 1 amide bonds. The van der Waals surface area contributed by atoms with Crippen LogP contribution >= 0.6 is 11.8 Å². The van der Waals surface area contributed by atoms with Gasteiger partial charge < -0.3 is 18.9 Å². The highest BCUT2D eigenvalue weighted by Crippen LogP contribution is 2.34. The highest BCUT2D eigenvalue weighted by molar-refractivity contribution is 7.99. The Morgan fingerprint density at radius 2 is 1.58 bits per heavy atom. The van der Waals surface area contributed by atoms with Gasteiger partial charge in [0, 0.05) is 22.9 Å². The summed E-state index contributed by atoms with van der Waals surface area (Å²) in [5.41, 5.74) is 4.90. The van der Waals surface area contributed by atoms with E-state index in [1.165, 1.54) is 25.1 Å². The molecule has 3 aromatic carbocycles. The molecule has 0 radical (unpaired) electrons. The molecule has 1 N–H and O–H groups in total. The van der Waals surface area contributed by atoms with Gasteiger partial charge in [0.05, 0.1) is 40.4 Å². The zero-order valence-electron chi connectivity index (χ0n) is 21.4. The van der Waals surface area contributed by atoms with Gasteiger partial charge in [-0.05, 0) is 42.5 Å². The summed E-state index contributed by atoms with van der Waals surface area (Å²) in [5, 5.41) is 13.4. The molecule has 0 saturated heterocycles. The number of thioether (sulfide) groups is 1. The van der Waals surface area contributed by atoms with Crippen LogP contribution in [0.1, 0.15) is 5.56 Å². The molecule has 4 rings (SSSR count). The maximum absolute atomic E-state index is 12.6.